The molecule has 1 saturated heterocycles. The summed E-state index contributed by atoms with van der Waals surface area (Å²) >= 11 is 0. The number of carbonyl (C=O) groups excluding carboxylic acids is 2. The standard InChI is InChI=1S/C24H19FN4O4/c1-28-13-18(15-3-2-4-17(11-15)29(32)33)21(22(30)14-7-9-26-10-8-14)24(28)19-12-16(25)5-6-20(19)27-23(24)31/h2-12,18,21H,13H2,1H3,(H,27,31). The number of rotatable bonds is 4. The van der Waals surface area contributed by atoms with Crippen LogP contribution < -0.4 is 5.32 Å². The van der Waals surface area contributed by atoms with Gasteiger partial charge in [-0.05, 0) is 42.9 Å². The number of nitro benzene ring substituents is 1. The van der Waals surface area contributed by atoms with Crippen molar-refractivity contribution in [1.82, 2.24) is 9.88 Å². The number of nitrogens with one attached hydrogen (secondary N) is 1. The van der Waals surface area contributed by atoms with Crippen LogP contribution in [0.5, 0.6) is 0 Å². The molecule has 2 aromatic carbocycles. The van der Waals surface area contributed by atoms with Gasteiger partial charge in [0.05, 0.1) is 10.8 Å². The SMILES string of the molecule is CN1CC(c2cccc([N+](=O)[O-])c2)C(C(=O)c2ccncc2)C12C(=O)Nc1ccc(F)cc12. The fourth-order valence-electron chi connectivity index (χ4n) is 5.28. The van der Waals surface area contributed by atoms with Crippen LogP contribution in [0.4, 0.5) is 15.8 Å². The Labute approximate surface area is 188 Å². The van der Waals surface area contributed by atoms with Crippen molar-refractivity contribution >= 4 is 23.1 Å². The molecule has 2 aliphatic heterocycles. The van der Waals surface area contributed by atoms with Gasteiger partial charge in [-0.2, -0.15) is 0 Å². The van der Waals surface area contributed by atoms with E-state index >= 15 is 0 Å². The van der Waals surface area contributed by atoms with Crippen molar-refractivity contribution in [3.05, 3.63) is 99.6 Å². The number of anilines is 1. The lowest BCUT2D eigenvalue weighted by Gasteiger charge is -2.35. The summed E-state index contributed by atoms with van der Waals surface area (Å²) in [6, 6.07) is 13.3. The normalized spacial score (nSPS) is 24.0. The van der Waals surface area contributed by atoms with Crippen molar-refractivity contribution in [2.24, 2.45) is 5.92 Å². The number of likely N-dealkylation sites (tertiary alicyclic amines) is 1. The van der Waals surface area contributed by atoms with Crippen LogP contribution in [0.15, 0.2) is 67.0 Å². The molecule has 1 aromatic heterocycles. The van der Waals surface area contributed by atoms with E-state index in [2.05, 4.69) is 10.3 Å². The Morgan fingerprint density at radius 1 is 1.21 bits per heavy atom. The van der Waals surface area contributed by atoms with E-state index in [1.807, 2.05) is 0 Å². The van der Waals surface area contributed by atoms with E-state index in [9.17, 15) is 24.1 Å². The number of ketones is 1. The predicted molar refractivity (Wildman–Crippen MR) is 117 cm³/mol. The number of carbonyl (C=O) groups is 2. The first-order valence-electron chi connectivity index (χ1n) is 10.4. The molecule has 166 valence electrons. The molecule has 1 fully saturated rings. The molecule has 3 unspecified atom stereocenters. The third-order valence-electron chi connectivity index (χ3n) is 6.67. The average molecular weight is 446 g/mol. The van der Waals surface area contributed by atoms with Gasteiger partial charge in [-0.1, -0.05) is 12.1 Å². The summed E-state index contributed by atoms with van der Waals surface area (Å²) in [5.74, 6) is -2.76. The molecule has 8 nitrogen and oxygen atoms in total. The maximum absolute atomic E-state index is 14.3. The number of non-ortho nitro benzene ring substituents is 1. The maximum atomic E-state index is 14.3. The van der Waals surface area contributed by atoms with Crippen LogP contribution in [0.3, 0.4) is 0 Å². The first-order chi connectivity index (χ1) is 15.8. The molecule has 3 aromatic rings. The van der Waals surface area contributed by atoms with Gasteiger partial charge in [-0.15, -0.1) is 0 Å². The zero-order valence-electron chi connectivity index (χ0n) is 17.6. The molecule has 33 heavy (non-hydrogen) atoms. The Bertz CT molecular complexity index is 1300. The van der Waals surface area contributed by atoms with E-state index in [1.165, 1.54) is 42.7 Å². The lowest BCUT2D eigenvalue weighted by atomic mass is 9.70. The van der Waals surface area contributed by atoms with Gasteiger partial charge in [0, 0.05) is 53.8 Å². The molecule has 9 heteroatoms. The molecule has 0 bridgehead atoms. The monoisotopic (exact) mass is 446 g/mol. The molecular formula is C24H19FN4O4. The molecule has 3 heterocycles. The molecule has 0 radical (unpaired) electrons. The Morgan fingerprint density at radius 2 is 1.97 bits per heavy atom. The van der Waals surface area contributed by atoms with Crippen LogP contribution in [-0.2, 0) is 10.3 Å². The number of fused-ring (bicyclic) bond motifs is 2. The highest BCUT2D eigenvalue weighted by molar-refractivity contribution is 6.12. The number of Topliss-reactive ketones (excluding diaryl/α,β-unsaturated/α-hetero) is 1. The number of aromatic nitrogens is 1. The zero-order chi connectivity index (χ0) is 23.3. The van der Waals surface area contributed by atoms with Gasteiger partial charge in [0.2, 0.25) is 5.91 Å². The second kappa shape index (κ2) is 7.56. The average Bonchev–Trinajstić information content (AvgIpc) is 3.29. The molecule has 0 saturated carbocycles. The molecule has 1 N–H and O–H groups in total. The highest BCUT2D eigenvalue weighted by atomic mass is 19.1. The summed E-state index contributed by atoms with van der Waals surface area (Å²) in [5, 5.41) is 14.2. The van der Waals surface area contributed by atoms with Gasteiger partial charge in [0.15, 0.2) is 5.78 Å². The van der Waals surface area contributed by atoms with Gasteiger partial charge in [0.25, 0.3) is 5.69 Å². The minimum absolute atomic E-state index is 0.103. The van der Waals surface area contributed by atoms with Crippen LogP contribution in [0, 0.1) is 21.8 Å². The summed E-state index contributed by atoms with van der Waals surface area (Å²) in [6.45, 7) is 0.270. The van der Waals surface area contributed by atoms with Gasteiger partial charge in [0.1, 0.15) is 11.4 Å². The molecule has 5 rings (SSSR count). The Balaban J connectivity index is 1.74. The minimum atomic E-state index is -1.47. The Morgan fingerprint density at radius 3 is 2.70 bits per heavy atom. The minimum Gasteiger partial charge on any atom is -0.324 e. The predicted octanol–water partition coefficient (Wildman–Crippen LogP) is 3.50. The van der Waals surface area contributed by atoms with Gasteiger partial charge in [-0.3, -0.25) is 29.6 Å². The molecule has 1 amide bonds. The molecule has 1 spiro atoms. The Hall–Kier alpha value is -3.98. The summed E-state index contributed by atoms with van der Waals surface area (Å²) < 4.78 is 14.3. The third-order valence-corrected chi connectivity index (χ3v) is 6.67. The largest absolute Gasteiger partial charge is 0.324 e. The van der Waals surface area contributed by atoms with Crippen LogP contribution in [0.2, 0.25) is 0 Å². The molecule has 0 aliphatic carbocycles. The van der Waals surface area contributed by atoms with E-state index < -0.39 is 34.0 Å². The maximum Gasteiger partial charge on any atom is 0.269 e. The molecule has 2 aliphatic rings. The number of likely N-dealkylation sites (N-methyl/N-ethyl adjacent to an activating group) is 1. The summed E-state index contributed by atoms with van der Waals surface area (Å²) in [5.41, 5.74) is 0.188. The topological polar surface area (TPSA) is 105 Å². The van der Waals surface area contributed by atoms with Crippen molar-refractivity contribution in [3.8, 4) is 0 Å². The number of halogens is 1. The van der Waals surface area contributed by atoms with Crippen molar-refractivity contribution in [1.29, 1.82) is 0 Å². The number of hydrogen-bond acceptors (Lipinski definition) is 6. The van der Waals surface area contributed by atoms with Crippen molar-refractivity contribution in [3.63, 3.8) is 0 Å². The number of pyridine rings is 1. The highest BCUT2D eigenvalue weighted by Crippen LogP contribution is 2.55. The summed E-state index contributed by atoms with van der Waals surface area (Å²) in [6.07, 6.45) is 2.98. The summed E-state index contributed by atoms with van der Waals surface area (Å²) in [7, 11) is 1.71. The van der Waals surface area contributed by atoms with Gasteiger partial charge < -0.3 is 5.32 Å². The van der Waals surface area contributed by atoms with Crippen molar-refractivity contribution in [2.45, 2.75) is 11.5 Å². The van der Waals surface area contributed by atoms with E-state index in [-0.39, 0.29) is 18.0 Å². The van der Waals surface area contributed by atoms with E-state index in [1.54, 1.807) is 36.2 Å². The molecule has 3 atom stereocenters. The fraction of sp³-hybridized carbons (Fsp3) is 0.208. The highest BCUT2D eigenvalue weighted by Gasteiger charge is 2.64. The number of nitrogens with zero attached hydrogens (tertiary/aromatic N) is 3. The van der Waals surface area contributed by atoms with E-state index in [0.717, 1.165) is 0 Å². The number of hydrogen-bond donors (Lipinski definition) is 1. The quantitative estimate of drug-likeness (QED) is 0.374. The Kier molecular flexibility index (Phi) is 4.79. The van der Waals surface area contributed by atoms with Crippen LogP contribution >= 0.6 is 0 Å². The number of amides is 1. The first-order valence-corrected chi connectivity index (χ1v) is 10.4. The lowest BCUT2D eigenvalue weighted by Crippen LogP contribution is -2.51. The van der Waals surface area contributed by atoms with Crippen molar-refractivity contribution in [2.75, 3.05) is 18.9 Å². The molecular weight excluding hydrogens is 427 g/mol. The van der Waals surface area contributed by atoms with E-state index in [4.69, 9.17) is 0 Å². The number of benzene rings is 2. The van der Waals surface area contributed by atoms with Crippen molar-refractivity contribution < 1.29 is 18.9 Å². The fourth-order valence-corrected chi connectivity index (χ4v) is 5.28. The third kappa shape index (κ3) is 3.04. The van der Waals surface area contributed by atoms with Crippen LogP contribution in [0.25, 0.3) is 0 Å². The number of nitro groups is 1. The zero-order valence-corrected chi connectivity index (χ0v) is 17.6. The van der Waals surface area contributed by atoms with Crippen LogP contribution in [0.1, 0.15) is 27.4 Å². The smallest absolute Gasteiger partial charge is 0.269 e. The summed E-state index contributed by atoms with van der Waals surface area (Å²) in [4.78, 5) is 44.1. The second-order valence-corrected chi connectivity index (χ2v) is 8.33. The van der Waals surface area contributed by atoms with Gasteiger partial charge >= 0.3 is 0 Å². The second-order valence-electron chi connectivity index (χ2n) is 8.33. The van der Waals surface area contributed by atoms with Crippen LogP contribution in [-0.4, -0.2) is 40.1 Å². The first kappa shape index (κ1) is 20.9. The van der Waals surface area contributed by atoms with Gasteiger partial charge in [-0.25, -0.2) is 4.39 Å². The van der Waals surface area contributed by atoms with E-state index in [0.29, 0.717) is 22.4 Å². The lowest BCUT2D eigenvalue weighted by molar-refractivity contribution is -0.384.